The molecular weight excluding hydrogens is 244 g/mol. The third-order valence-corrected chi connectivity index (χ3v) is 2.73. The molecule has 2 heterocycles. The topological polar surface area (TPSA) is 78.7 Å². The van der Waals surface area contributed by atoms with E-state index >= 15 is 0 Å². The van der Waals surface area contributed by atoms with Crippen LogP contribution in [-0.2, 0) is 6.42 Å². The number of aromatic nitrogens is 2. The highest BCUT2D eigenvalue weighted by molar-refractivity contribution is 5.74. The first-order valence-electron chi connectivity index (χ1n) is 6.27. The average Bonchev–Trinajstić information content (AvgIpc) is 2.81. The standard InChI is InChI=1S/C13H18N4O2/c1-10(9-18)15-13(19)14-6-5-11-8-17-7-3-2-4-12(17)16-11/h2-4,7-8,10,18H,5-6,9H2,1H3,(H2,14,15,19)/t10-/m1/s1. The van der Waals surface area contributed by atoms with Gasteiger partial charge in [0, 0.05) is 25.4 Å². The summed E-state index contributed by atoms with van der Waals surface area (Å²) in [6.07, 6.45) is 4.56. The number of aliphatic hydroxyl groups excluding tert-OH is 1. The van der Waals surface area contributed by atoms with Crippen molar-refractivity contribution in [2.45, 2.75) is 19.4 Å². The lowest BCUT2D eigenvalue weighted by molar-refractivity contribution is 0.220. The molecule has 102 valence electrons. The van der Waals surface area contributed by atoms with Gasteiger partial charge in [0.2, 0.25) is 0 Å². The number of urea groups is 1. The van der Waals surface area contributed by atoms with Crippen LogP contribution in [0.4, 0.5) is 4.79 Å². The van der Waals surface area contributed by atoms with Gasteiger partial charge in [-0.1, -0.05) is 6.07 Å². The Hall–Kier alpha value is -2.08. The number of pyridine rings is 1. The molecule has 6 heteroatoms. The zero-order chi connectivity index (χ0) is 13.7. The number of aliphatic hydroxyl groups is 1. The summed E-state index contributed by atoms with van der Waals surface area (Å²) in [7, 11) is 0. The number of hydrogen-bond acceptors (Lipinski definition) is 3. The average molecular weight is 262 g/mol. The van der Waals surface area contributed by atoms with E-state index in [1.54, 1.807) is 6.92 Å². The predicted octanol–water partition coefficient (Wildman–Crippen LogP) is 0.557. The van der Waals surface area contributed by atoms with Crippen molar-refractivity contribution in [3.63, 3.8) is 0 Å². The highest BCUT2D eigenvalue weighted by Crippen LogP contribution is 2.04. The largest absolute Gasteiger partial charge is 0.394 e. The fourth-order valence-corrected chi connectivity index (χ4v) is 1.73. The molecule has 2 amide bonds. The molecule has 2 aromatic heterocycles. The molecule has 0 bridgehead atoms. The van der Waals surface area contributed by atoms with Crippen molar-refractivity contribution in [2.75, 3.05) is 13.2 Å². The molecule has 0 aliphatic heterocycles. The first-order valence-corrected chi connectivity index (χ1v) is 6.27. The molecule has 0 unspecified atom stereocenters. The first kappa shape index (κ1) is 13.4. The lowest BCUT2D eigenvalue weighted by atomic mass is 10.3. The molecule has 0 aromatic carbocycles. The quantitative estimate of drug-likeness (QED) is 0.736. The smallest absolute Gasteiger partial charge is 0.315 e. The minimum absolute atomic E-state index is 0.0696. The minimum atomic E-state index is -0.273. The zero-order valence-electron chi connectivity index (χ0n) is 10.8. The Morgan fingerprint density at radius 2 is 2.37 bits per heavy atom. The Balaban J connectivity index is 1.81. The highest BCUT2D eigenvalue weighted by Gasteiger charge is 2.05. The van der Waals surface area contributed by atoms with Crippen molar-refractivity contribution in [3.8, 4) is 0 Å². The Kier molecular flexibility index (Phi) is 4.35. The number of hydrogen-bond donors (Lipinski definition) is 3. The van der Waals surface area contributed by atoms with Gasteiger partial charge in [0.25, 0.3) is 0 Å². The maximum atomic E-state index is 11.4. The molecular formula is C13H18N4O2. The van der Waals surface area contributed by atoms with Gasteiger partial charge in [0.15, 0.2) is 0 Å². The number of nitrogens with one attached hydrogen (secondary N) is 2. The van der Waals surface area contributed by atoms with E-state index in [0.29, 0.717) is 13.0 Å². The first-order chi connectivity index (χ1) is 9.19. The van der Waals surface area contributed by atoms with Crippen LogP contribution in [0.5, 0.6) is 0 Å². The van der Waals surface area contributed by atoms with Gasteiger partial charge in [-0.2, -0.15) is 0 Å². The van der Waals surface area contributed by atoms with Crippen LogP contribution in [0.25, 0.3) is 5.65 Å². The van der Waals surface area contributed by atoms with Gasteiger partial charge in [0.05, 0.1) is 18.3 Å². The van der Waals surface area contributed by atoms with Crippen molar-refractivity contribution in [1.29, 1.82) is 0 Å². The Labute approximate surface area is 111 Å². The summed E-state index contributed by atoms with van der Waals surface area (Å²) in [5.74, 6) is 0. The summed E-state index contributed by atoms with van der Waals surface area (Å²) < 4.78 is 1.95. The maximum absolute atomic E-state index is 11.4. The van der Waals surface area contributed by atoms with E-state index in [-0.39, 0.29) is 18.7 Å². The molecule has 0 saturated carbocycles. The SMILES string of the molecule is C[C@H](CO)NC(=O)NCCc1cn2ccccc2n1. The normalized spacial score (nSPS) is 12.3. The second-order valence-corrected chi connectivity index (χ2v) is 4.43. The van der Waals surface area contributed by atoms with Crippen LogP contribution in [-0.4, -0.2) is 39.7 Å². The third-order valence-electron chi connectivity index (χ3n) is 2.73. The minimum Gasteiger partial charge on any atom is -0.394 e. The van der Waals surface area contributed by atoms with Crippen molar-refractivity contribution in [3.05, 3.63) is 36.3 Å². The van der Waals surface area contributed by atoms with Crippen LogP contribution >= 0.6 is 0 Å². The van der Waals surface area contributed by atoms with Gasteiger partial charge in [-0.15, -0.1) is 0 Å². The molecule has 3 N–H and O–H groups in total. The molecule has 6 nitrogen and oxygen atoms in total. The number of nitrogens with zero attached hydrogens (tertiary/aromatic N) is 2. The van der Waals surface area contributed by atoms with Gasteiger partial charge >= 0.3 is 6.03 Å². The number of rotatable bonds is 5. The molecule has 0 radical (unpaired) electrons. The maximum Gasteiger partial charge on any atom is 0.315 e. The summed E-state index contributed by atoms with van der Waals surface area (Å²) in [6.45, 7) is 2.18. The van der Waals surface area contributed by atoms with Gasteiger partial charge < -0.3 is 20.1 Å². The van der Waals surface area contributed by atoms with Crippen LogP contribution in [0.3, 0.4) is 0 Å². The summed E-state index contributed by atoms with van der Waals surface area (Å²) in [5, 5.41) is 14.2. The van der Waals surface area contributed by atoms with E-state index in [0.717, 1.165) is 11.3 Å². The zero-order valence-corrected chi connectivity index (χ0v) is 10.8. The van der Waals surface area contributed by atoms with Crippen LogP contribution in [0.1, 0.15) is 12.6 Å². The highest BCUT2D eigenvalue weighted by atomic mass is 16.3. The summed E-state index contributed by atoms with van der Waals surface area (Å²) in [5.41, 5.74) is 1.83. The van der Waals surface area contributed by atoms with Crippen LogP contribution in [0.2, 0.25) is 0 Å². The Bertz CT molecular complexity index is 519. The Morgan fingerprint density at radius 3 is 3.11 bits per heavy atom. The molecule has 2 rings (SSSR count). The fourth-order valence-electron chi connectivity index (χ4n) is 1.73. The van der Waals surface area contributed by atoms with Crippen LogP contribution in [0.15, 0.2) is 30.6 Å². The van der Waals surface area contributed by atoms with Gasteiger partial charge in [-0.05, 0) is 19.1 Å². The number of imidazole rings is 1. The Morgan fingerprint density at radius 1 is 1.53 bits per heavy atom. The molecule has 19 heavy (non-hydrogen) atoms. The summed E-state index contributed by atoms with van der Waals surface area (Å²) in [4.78, 5) is 15.9. The van der Waals surface area contributed by atoms with E-state index in [9.17, 15) is 4.79 Å². The number of carbonyl (C=O) groups excluding carboxylic acids is 1. The van der Waals surface area contributed by atoms with E-state index in [2.05, 4.69) is 15.6 Å². The van der Waals surface area contributed by atoms with Crippen molar-refractivity contribution < 1.29 is 9.90 Å². The van der Waals surface area contributed by atoms with Crippen molar-refractivity contribution in [2.24, 2.45) is 0 Å². The number of carbonyl (C=O) groups is 1. The molecule has 1 atom stereocenters. The van der Waals surface area contributed by atoms with Crippen LogP contribution < -0.4 is 10.6 Å². The predicted molar refractivity (Wildman–Crippen MR) is 72.0 cm³/mol. The molecule has 0 fully saturated rings. The molecule has 0 saturated heterocycles. The number of amides is 2. The van der Waals surface area contributed by atoms with E-state index in [1.165, 1.54) is 0 Å². The molecule has 0 aliphatic rings. The van der Waals surface area contributed by atoms with Gasteiger partial charge in [0.1, 0.15) is 5.65 Å². The van der Waals surface area contributed by atoms with E-state index < -0.39 is 0 Å². The second-order valence-electron chi connectivity index (χ2n) is 4.43. The van der Waals surface area contributed by atoms with Crippen molar-refractivity contribution in [1.82, 2.24) is 20.0 Å². The van der Waals surface area contributed by atoms with E-state index in [4.69, 9.17) is 5.11 Å². The monoisotopic (exact) mass is 262 g/mol. The second kappa shape index (κ2) is 6.19. The lowest BCUT2D eigenvalue weighted by Crippen LogP contribution is -2.42. The molecule has 0 spiro atoms. The third kappa shape index (κ3) is 3.69. The number of fused-ring (bicyclic) bond motifs is 1. The fraction of sp³-hybridized carbons (Fsp3) is 0.385. The lowest BCUT2D eigenvalue weighted by Gasteiger charge is -2.11. The summed E-state index contributed by atoms with van der Waals surface area (Å²) in [6, 6.07) is 5.31. The van der Waals surface area contributed by atoms with Gasteiger partial charge in [-0.25, -0.2) is 9.78 Å². The summed E-state index contributed by atoms with van der Waals surface area (Å²) >= 11 is 0. The van der Waals surface area contributed by atoms with Gasteiger partial charge in [-0.3, -0.25) is 0 Å². The van der Waals surface area contributed by atoms with Crippen molar-refractivity contribution >= 4 is 11.7 Å². The van der Waals surface area contributed by atoms with E-state index in [1.807, 2.05) is 35.0 Å². The molecule has 2 aromatic rings. The molecule has 0 aliphatic carbocycles. The van der Waals surface area contributed by atoms with Crippen LogP contribution in [0, 0.1) is 0 Å².